The van der Waals surface area contributed by atoms with Gasteiger partial charge in [-0.25, -0.2) is 4.98 Å². The van der Waals surface area contributed by atoms with Gasteiger partial charge in [0.05, 0.1) is 10.6 Å². The van der Waals surface area contributed by atoms with E-state index in [1.165, 1.54) is 28.0 Å². The third kappa shape index (κ3) is 3.21. The molecule has 27 heavy (non-hydrogen) atoms. The summed E-state index contributed by atoms with van der Waals surface area (Å²) in [5.74, 6) is 0.349. The van der Waals surface area contributed by atoms with Crippen molar-refractivity contribution in [2.45, 2.75) is 32.6 Å². The van der Waals surface area contributed by atoms with Crippen LogP contribution in [0.15, 0.2) is 24.3 Å². The standard InChI is InChI=1S/C21H21N3O2S/c1-13-6-8-18-16(10-11-24(18)14(2)26)20(13)15-4-3-5-17-19(9-7-15)27-21(23-17)22-12-25/h3,5-9,12,15H,4,10-11H2,1-2H3,(H,22,23,25)/b5-3-,9-7?. The Morgan fingerprint density at radius 2 is 2.22 bits per heavy atom. The van der Waals surface area contributed by atoms with Gasteiger partial charge < -0.3 is 10.2 Å². The van der Waals surface area contributed by atoms with E-state index < -0.39 is 0 Å². The number of anilines is 2. The number of thiazole rings is 1. The number of fused-ring (bicyclic) bond motifs is 2. The highest BCUT2D eigenvalue weighted by molar-refractivity contribution is 7.16. The molecule has 1 aliphatic heterocycles. The highest BCUT2D eigenvalue weighted by Gasteiger charge is 2.27. The van der Waals surface area contributed by atoms with Gasteiger partial charge in [0.15, 0.2) is 5.13 Å². The average Bonchev–Trinajstić information content (AvgIpc) is 3.20. The predicted octanol–water partition coefficient (Wildman–Crippen LogP) is 4.14. The monoisotopic (exact) mass is 379 g/mol. The lowest BCUT2D eigenvalue weighted by molar-refractivity contribution is -0.116. The molecule has 5 nitrogen and oxygen atoms in total. The van der Waals surface area contributed by atoms with E-state index in [0.29, 0.717) is 11.5 Å². The molecule has 0 saturated heterocycles. The first-order chi connectivity index (χ1) is 13.1. The lowest BCUT2D eigenvalue weighted by Crippen LogP contribution is -2.25. The molecule has 1 unspecified atom stereocenters. The number of nitrogens with zero attached hydrogens (tertiary/aromatic N) is 2. The molecule has 0 fully saturated rings. The second kappa shape index (κ2) is 7.12. The van der Waals surface area contributed by atoms with Crippen LogP contribution in [-0.4, -0.2) is 23.8 Å². The van der Waals surface area contributed by atoms with Crippen LogP contribution in [0.3, 0.4) is 0 Å². The smallest absolute Gasteiger partial charge is 0.223 e. The van der Waals surface area contributed by atoms with Crippen LogP contribution in [0, 0.1) is 6.92 Å². The first-order valence-corrected chi connectivity index (χ1v) is 9.86. The van der Waals surface area contributed by atoms with Crippen molar-refractivity contribution in [2.75, 3.05) is 16.8 Å². The quantitative estimate of drug-likeness (QED) is 0.815. The number of hydrogen-bond acceptors (Lipinski definition) is 4. The summed E-state index contributed by atoms with van der Waals surface area (Å²) in [5, 5.41) is 3.24. The van der Waals surface area contributed by atoms with Crippen molar-refractivity contribution in [3.63, 3.8) is 0 Å². The van der Waals surface area contributed by atoms with E-state index in [4.69, 9.17) is 0 Å². The second-order valence-corrected chi connectivity index (χ2v) is 7.88. The van der Waals surface area contributed by atoms with Gasteiger partial charge in [-0.3, -0.25) is 9.59 Å². The average molecular weight is 379 g/mol. The Hall–Kier alpha value is -2.73. The third-order valence-electron chi connectivity index (χ3n) is 5.19. The normalized spacial score (nSPS) is 19.0. The lowest BCUT2D eigenvalue weighted by atomic mass is 9.86. The second-order valence-electron chi connectivity index (χ2n) is 6.85. The topological polar surface area (TPSA) is 62.3 Å². The van der Waals surface area contributed by atoms with Gasteiger partial charge in [-0.2, -0.15) is 0 Å². The molecule has 2 amide bonds. The summed E-state index contributed by atoms with van der Waals surface area (Å²) in [6.07, 6.45) is 10.9. The third-order valence-corrected chi connectivity index (χ3v) is 6.15. The van der Waals surface area contributed by atoms with Crippen molar-refractivity contribution >= 4 is 46.6 Å². The van der Waals surface area contributed by atoms with Crippen molar-refractivity contribution in [2.24, 2.45) is 0 Å². The number of rotatable bonds is 3. The number of hydrogen-bond donors (Lipinski definition) is 1. The highest BCUT2D eigenvalue weighted by atomic mass is 32.1. The minimum Gasteiger partial charge on any atom is -0.312 e. The van der Waals surface area contributed by atoms with E-state index in [2.05, 4.69) is 47.6 Å². The fourth-order valence-corrected chi connectivity index (χ4v) is 4.81. The van der Waals surface area contributed by atoms with Gasteiger partial charge in [-0.15, -0.1) is 0 Å². The van der Waals surface area contributed by atoms with Gasteiger partial charge in [-0.1, -0.05) is 29.6 Å². The Bertz CT molecular complexity index is 974. The van der Waals surface area contributed by atoms with E-state index in [-0.39, 0.29) is 11.8 Å². The number of aryl methyl sites for hydroxylation is 1. The molecule has 2 heterocycles. The number of allylic oxidation sites excluding steroid dienone is 2. The van der Waals surface area contributed by atoms with Gasteiger partial charge in [0, 0.05) is 25.1 Å². The van der Waals surface area contributed by atoms with E-state index in [1.807, 2.05) is 11.0 Å². The zero-order valence-corrected chi connectivity index (χ0v) is 16.2. The number of carbonyl (C=O) groups is 2. The molecule has 0 bridgehead atoms. The van der Waals surface area contributed by atoms with Crippen molar-refractivity contribution in [1.82, 2.24) is 4.98 Å². The van der Waals surface area contributed by atoms with Gasteiger partial charge in [0.1, 0.15) is 0 Å². The summed E-state index contributed by atoms with van der Waals surface area (Å²) in [6, 6.07) is 4.19. The Labute approximate surface area is 162 Å². The van der Waals surface area contributed by atoms with Gasteiger partial charge >= 0.3 is 0 Å². The molecule has 0 saturated carbocycles. The summed E-state index contributed by atoms with van der Waals surface area (Å²) in [7, 11) is 0. The molecule has 1 aromatic carbocycles. The molecule has 2 aromatic rings. The van der Waals surface area contributed by atoms with Gasteiger partial charge in [-0.05, 0) is 54.7 Å². The van der Waals surface area contributed by atoms with Crippen molar-refractivity contribution in [3.05, 3.63) is 51.5 Å². The number of carbonyl (C=O) groups excluding carboxylic acids is 2. The van der Waals surface area contributed by atoms with Crippen molar-refractivity contribution < 1.29 is 9.59 Å². The van der Waals surface area contributed by atoms with E-state index >= 15 is 0 Å². The maximum absolute atomic E-state index is 11.9. The Balaban J connectivity index is 1.73. The van der Waals surface area contributed by atoms with Crippen LogP contribution in [0.1, 0.15) is 46.5 Å². The van der Waals surface area contributed by atoms with E-state index in [0.717, 1.165) is 35.6 Å². The van der Waals surface area contributed by atoms with Crippen molar-refractivity contribution in [1.29, 1.82) is 0 Å². The lowest BCUT2D eigenvalue weighted by Gasteiger charge is -2.21. The van der Waals surface area contributed by atoms with Crippen LogP contribution < -0.4 is 10.2 Å². The largest absolute Gasteiger partial charge is 0.312 e. The van der Waals surface area contributed by atoms with Gasteiger partial charge in [0.25, 0.3) is 0 Å². The van der Waals surface area contributed by atoms with E-state index in [1.54, 1.807) is 6.92 Å². The molecular formula is C21H21N3O2S. The maximum atomic E-state index is 11.9. The zero-order chi connectivity index (χ0) is 19.0. The molecule has 1 N–H and O–H groups in total. The Morgan fingerprint density at radius 3 is 3.00 bits per heavy atom. The Morgan fingerprint density at radius 1 is 1.37 bits per heavy atom. The summed E-state index contributed by atoms with van der Waals surface area (Å²) < 4.78 is 0. The van der Waals surface area contributed by atoms with Crippen LogP contribution in [0.2, 0.25) is 0 Å². The minimum absolute atomic E-state index is 0.0983. The van der Waals surface area contributed by atoms with Crippen LogP contribution >= 0.6 is 11.3 Å². The van der Waals surface area contributed by atoms with Crippen molar-refractivity contribution in [3.8, 4) is 0 Å². The molecule has 6 heteroatoms. The van der Waals surface area contributed by atoms with Crippen LogP contribution in [-0.2, 0) is 16.0 Å². The molecule has 0 spiro atoms. The van der Waals surface area contributed by atoms with Crippen LogP contribution in [0.25, 0.3) is 12.2 Å². The number of nitrogens with one attached hydrogen (secondary N) is 1. The SMILES string of the molecule is CC(=O)N1CCc2c1ccc(C)c2C1C=Cc2sc(NC=O)nc2/C=C\C1. The highest BCUT2D eigenvalue weighted by Crippen LogP contribution is 2.39. The molecular weight excluding hydrogens is 358 g/mol. The molecule has 4 rings (SSSR count). The summed E-state index contributed by atoms with van der Waals surface area (Å²) in [6.45, 7) is 4.53. The Kier molecular flexibility index (Phi) is 4.66. The first-order valence-electron chi connectivity index (χ1n) is 9.04. The van der Waals surface area contributed by atoms with Gasteiger partial charge in [0.2, 0.25) is 12.3 Å². The number of aromatic nitrogens is 1. The molecule has 0 radical (unpaired) electrons. The summed E-state index contributed by atoms with van der Waals surface area (Å²) in [4.78, 5) is 30.0. The summed E-state index contributed by atoms with van der Waals surface area (Å²) >= 11 is 1.47. The fraction of sp³-hybridized carbons (Fsp3) is 0.286. The number of benzene rings is 1. The molecule has 138 valence electrons. The molecule has 1 atom stereocenters. The summed E-state index contributed by atoms with van der Waals surface area (Å²) in [5.41, 5.74) is 5.82. The van der Waals surface area contributed by atoms with E-state index in [9.17, 15) is 9.59 Å². The van der Waals surface area contributed by atoms with Crippen LogP contribution in [0.5, 0.6) is 0 Å². The number of amides is 2. The fourth-order valence-electron chi connectivity index (χ4n) is 3.99. The van der Waals surface area contributed by atoms with Crippen LogP contribution in [0.4, 0.5) is 10.8 Å². The predicted molar refractivity (Wildman–Crippen MR) is 110 cm³/mol. The molecule has 1 aromatic heterocycles. The molecule has 1 aliphatic carbocycles. The zero-order valence-electron chi connectivity index (χ0n) is 15.4. The molecule has 2 aliphatic rings. The first kappa shape index (κ1) is 17.7. The minimum atomic E-state index is 0.0983. The maximum Gasteiger partial charge on any atom is 0.223 e.